The summed E-state index contributed by atoms with van der Waals surface area (Å²) in [6.45, 7) is 6.93. The Morgan fingerprint density at radius 1 is 1.03 bits per heavy atom. The number of benzene rings is 2. The molecule has 1 atom stereocenters. The van der Waals surface area contributed by atoms with E-state index >= 15 is 0 Å². The highest BCUT2D eigenvalue weighted by Gasteiger charge is 2.31. The molecule has 0 aromatic heterocycles. The first-order valence-corrected chi connectivity index (χ1v) is 13.7. The van der Waals surface area contributed by atoms with E-state index in [1.807, 2.05) is 45.0 Å². The van der Waals surface area contributed by atoms with Crippen molar-refractivity contribution < 1.29 is 18.0 Å². The highest BCUT2D eigenvalue weighted by Crippen LogP contribution is 2.22. The number of carbonyl (C=O) groups excluding carboxylic acids is 2. The zero-order valence-electron chi connectivity index (χ0n) is 19.3. The van der Waals surface area contributed by atoms with Gasteiger partial charge in [0, 0.05) is 21.0 Å². The average Bonchev–Trinajstić information content (AvgIpc) is 2.68. The molecule has 2 rings (SSSR count). The van der Waals surface area contributed by atoms with E-state index in [4.69, 9.17) is 0 Å². The molecule has 180 valence electrons. The van der Waals surface area contributed by atoms with Gasteiger partial charge in [-0.25, -0.2) is 8.42 Å². The minimum absolute atomic E-state index is 0.148. The first-order chi connectivity index (χ1) is 15.2. The van der Waals surface area contributed by atoms with Crippen molar-refractivity contribution in [3.63, 3.8) is 0 Å². The molecule has 10 heteroatoms. The highest BCUT2D eigenvalue weighted by molar-refractivity contribution is 9.10. The molecule has 0 aliphatic carbocycles. The van der Waals surface area contributed by atoms with Crippen molar-refractivity contribution in [1.29, 1.82) is 0 Å². The zero-order valence-corrected chi connectivity index (χ0v) is 23.3. The molecular weight excluding hydrogens is 574 g/mol. The Bertz CT molecular complexity index is 1100. The summed E-state index contributed by atoms with van der Waals surface area (Å²) in [5.41, 5.74) is 0.692. The maximum Gasteiger partial charge on any atom is 0.244 e. The second kappa shape index (κ2) is 11.0. The molecule has 7 nitrogen and oxygen atoms in total. The van der Waals surface area contributed by atoms with Gasteiger partial charge in [0.15, 0.2) is 0 Å². The van der Waals surface area contributed by atoms with Gasteiger partial charge in [0.2, 0.25) is 21.8 Å². The van der Waals surface area contributed by atoms with Gasteiger partial charge in [-0.1, -0.05) is 44.0 Å². The number of hydrogen-bond acceptors (Lipinski definition) is 4. The molecule has 0 unspecified atom stereocenters. The second-order valence-electron chi connectivity index (χ2n) is 8.81. The van der Waals surface area contributed by atoms with Crippen LogP contribution in [0.2, 0.25) is 0 Å². The Balaban J connectivity index is 2.39. The van der Waals surface area contributed by atoms with Gasteiger partial charge in [-0.15, -0.1) is 0 Å². The Kier molecular flexibility index (Phi) is 9.12. The van der Waals surface area contributed by atoms with Gasteiger partial charge in [0.1, 0.15) is 12.6 Å². The molecule has 0 spiro atoms. The van der Waals surface area contributed by atoms with Gasteiger partial charge in [-0.05, 0) is 69.7 Å². The molecule has 0 heterocycles. The molecule has 0 aliphatic heterocycles. The van der Waals surface area contributed by atoms with Crippen molar-refractivity contribution in [2.24, 2.45) is 0 Å². The lowest BCUT2D eigenvalue weighted by Crippen LogP contribution is -2.54. The third-order valence-corrected chi connectivity index (χ3v) is 6.86. The molecule has 0 aliphatic rings. The number of nitrogens with one attached hydrogen (secondary N) is 1. The van der Waals surface area contributed by atoms with Crippen LogP contribution < -0.4 is 9.62 Å². The number of anilines is 1. The number of rotatable bonds is 8. The number of halogens is 2. The first-order valence-electron chi connectivity index (χ1n) is 10.3. The SMILES string of the molecule is C[C@@H](C(=O)NC(C)(C)C)N(Cc1cccc(Br)c1)C(=O)CN(c1ccc(Br)cc1)S(C)(=O)=O. The Labute approximate surface area is 212 Å². The van der Waals surface area contributed by atoms with E-state index < -0.39 is 34.1 Å². The quantitative estimate of drug-likeness (QED) is 0.488. The van der Waals surface area contributed by atoms with Gasteiger partial charge in [0.05, 0.1) is 11.9 Å². The summed E-state index contributed by atoms with van der Waals surface area (Å²) in [5.74, 6) is -0.805. The predicted octanol–water partition coefficient (Wildman–Crippen LogP) is 4.31. The largest absolute Gasteiger partial charge is 0.350 e. The molecule has 2 aromatic rings. The van der Waals surface area contributed by atoms with Crippen molar-refractivity contribution >= 4 is 59.4 Å². The maximum atomic E-state index is 13.5. The lowest BCUT2D eigenvalue weighted by Gasteiger charge is -2.33. The highest BCUT2D eigenvalue weighted by atomic mass is 79.9. The van der Waals surface area contributed by atoms with Crippen LogP contribution in [0, 0.1) is 0 Å². The maximum absolute atomic E-state index is 13.5. The minimum atomic E-state index is -3.75. The minimum Gasteiger partial charge on any atom is -0.350 e. The van der Waals surface area contributed by atoms with Crippen LogP contribution >= 0.6 is 31.9 Å². The average molecular weight is 603 g/mol. The van der Waals surface area contributed by atoms with Gasteiger partial charge in [-0.3, -0.25) is 13.9 Å². The van der Waals surface area contributed by atoms with Crippen LogP contribution in [0.1, 0.15) is 33.3 Å². The smallest absolute Gasteiger partial charge is 0.244 e. The number of hydrogen-bond donors (Lipinski definition) is 1. The van der Waals surface area contributed by atoms with E-state index in [2.05, 4.69) is 37.2 Å². The van der Waals surface area contributed by atoms with Gasteiger partial charge >= 0.3 is 0 Å². The Hall–Kier alpha value is -1.91. The van der Waals surface area contributed by atoms with Crippen LogP contribution in [-0.2, 0) is 26.2 Å². The van der Waals surface area contributed by atoms with Crippen LogP contribution in [0.5, 0.6) is 0 Å². The number of sulfonamides is 1. The number of nitrogens with zero attached hydrogens (tertiary/aromatic N) is 2. The standard InChI is InChI=1S/C23H29Br2N3O4S/c1-16(22(30)26-23(2,3)4)27(14-17-7-6-8-19(25)13-17)21(29)15-28(33(5,31)32)20-11-9-18(24)10-12-20/h6-13,16H,14-15H2,1-5H3,(H,26,30)/t16-/m0/s1. The van der Waals surface area contributed by atoms with E-state index in [-0.39, 0.29) is 12.5 Å². The predicted molar refractivity (Wildman–Crippen MR) is 138 cm³/mol. The summed E-state index contributed by atoms with van der Waals surface area (Å²) in [6, 6.07) is 13.2. The van der Waals surface area contributed by atoms with E-state index in [1.54, 1.807) is 31.2 Å². The van der Waals surface area contributed by atoms with Crippen molar-refractivity contribution in [3.05, 3.63) is 63.0 Å². The summed E-state index contributed by atoms with van der Waals surface area (Å²) in [6.07, 6.45) is 1.05. The molecule has 33 heavy (non-hydrogen) atoms. The van der Waals surface area contributed by atoms with Gasteiger partial charge < -0.3 is 10.2 Å². The van der Waals surface area contributed by atoms with Gasteiger partial charge in [0.25, 0.3) is 0 Å². The molecule has 0 saturated carbocycles. The van der Waals surface area contributed by atoms with Crippen LogP contribution in [0.4, 0.5) is 5.69 Å². The third kappa shape index (κ3) is 8.42. The fourth-order valence-electron chi connectivity index (χ4n) is 3.11. The molecule has 2 amide bonds. The summed E-state index contributed by atoms with van der Waals surface area (Å²) >= 11 is 6.75. The number of amides is 2. The summed E-state index contributed by atoms with van der Waals surface area (Å²) in [7, 11) is -3.75. The lowest BCUT2D eigenvalue weighted by atomic mass is 10.1. The van der Waals surface area contributed by atoms with Crippen molar-refractivity contribution in [1.82, 2.24) is 10.2 Å². The molecule has 2 aromatic carbocycles. The van der Waals surface area contributed by atoms with Crippen molar-refractivity contribution in [2.45, 2.75) is 45.8 Å². The molecule has 0 saturated heterocycles. The van der Waals surface area contributed by atoms with Crippen molar-refractivity contribution in [3.8, 4) is 0 Å². The molecule has 0 radical (unpaired) electrons. The van der Waals surface area contributed by atoms with E-state index in [9.17, 15) is 18.0 Å². The Morgan fingerprint density at radius 2 is 1.64 bits per heavy atom. The van der Waals surface area contributed by atoms with Crippen LogP contribution in [0.15, 0.2) is 57.5 Å². The molecule has 1 N–H and O–H groups in total. The van der Waals surface area contributed by atoms with E-state index in [0.29, 0.717) is 5.69 Å². The summed E-state index contributed by atoms with van der Waals surface area (Å²) in [5, 5.41) is 2.89. The molecule has 0 bridgehead atoms. The first kappa shape index (κ1) is 27.3. The van der Waals surface area contributed by atoms with E-state index in [0.717, 1.165) is 25.1 Å². The van der Waals surface area contributed by atoms with E-state index in [1.165, 1.54) is 4.90 Å². The number of carbonyl (C=O) groups is 2. The summed E-state index contributed by atoms with van der Waals surface area (Å²) in [4.78, 5) is 27.8. The topological polar surface area (TPSA) is 86.8 Å². The van der Waals surface area contributed by atoms with Crippen LogP contribution in [0.3, 0.4) is 0 Å². The summed E-state index contributed by atoms with van der Waals surface area (Å²) < 4.78 is 27.7. The third-order valence-electron chi connectivity index (χ3n) is 4.70. The zero-order chi connectivity index (χ0) is 25.0. The van der Waals surface area contributed by atoms with Crippen LogP contribution in [0.25, 0.3) is 0 Å². The second-order valence-corrected chi connectivity index (χ2v) is 12.6. The monoisotopic (exact) mass is 601 g/mol. The fourth-order valence-corrected chi connectivity index (χ4v) is 4.67. The van der Waals surface area contributed by atoms with Gasteiger partial charge in [-0.2, -0.15) is 0 Å². The van der Waals surface area contributed by atoms with Crippen molar-refractivity contribution in [2.75, 3.05) is 17.1 Å². The lowest BCUT2D eigenvalue weighted by molar-refractivity contribution is -0.140. The fraction of sp³-hybridized carbons (Fsp3) is 0.391. The van der Waals surface area contributed by atoms with Crippen LogP contribution in [-0.4, -0.2) is 49.5 Å². The normalized spacial score (nSPS) is 12.7. The Morgan fingerprint density at radius 3 is 2.15 bits per heavy atom. The molecular formula is C23H29Br2N3O4S. The molecule has 0 fully saturated rings.